The van der Waals surface area contributed by atoms with Crippen LogP contribution in [-0.4, -0.2) is 18.8 Å². The van der Waals surface area contributed by atoms with Crippen molar-refractivity contribution >= 4 is 0 Å². The lowest BCUT2D eigenvalue weighted by atomic mass is 9.88. The molecule has 4 nitrogen and oxygen atoms in total. The fourth-order valence-corrected chi connectivity index (χ4v) is 1.84. The molecule has 1 aromatic carbocycles. The largest absolute Gasteiger partial charge is 0.497 e. The second-order valence-corrected chi connectivity index (χ2v) is 5.45. The van der Waals surface area contributed by atoms with Crippen LogP contribution in [0.25, 0.3) is 11.3 Å². The molecule has 0 aliphatic carbocycles. The second-order valence-electron chi connectivity index (χ2n) is 5.45. The molecule has 2 rings (SSSR count). The number of nitrogens with two attached hydrogens (primary N) is 1. The first-order chi connectivity index (χ1) is 9.04. The van der Waals surface area contributed by atoms with Crippen molar-refractivity contribution in [3.63, 3.8) is 0 Å². The Bertz CT molecular complexity index is 529. The summed E-state index contributed by atoms with van der Waals surface area (Å²) in [4.78, 5) is 0. The summed E-state index contributed by atoms with van der Waals surface area (Å²) in [7, 11) is 1.65. The first kappa shape index (κ1) is 13.6. The first-order valence-electron chi connectivity index (χ1n) is 6.34. The molecule has 0 fully saturated rings. The summed E-state index contributed by atoms with van der Waals surface area (Å²) < 4.78 is 10.5. The predicted molar refractivity (Wildman–Crippen MR) is 75.0 cm³/mol. The quantitative estimate of drug-likeness (QED) is 0.898. The number of benzene rings is 1. The van der Waals surface area contributed by atoms with Crippen LogP contribution in [0, 0.1) is 5.41 Å². The highest BCUT2D eigenvalue weighted by Crippen LogP contribution is 2.25. The molecule has 0 saturated carbocycles. The maximum absolute atomic E-state index is 5.73. The Kier molecular flexibility index (Phi) is 3.90. The second kappa shape index (κ2) is 5.45. The van der Waals surface area contributed by atoms with Crippen LogP contribution in [0.3, 0.4) is 0 Å². The van der Waals surface area contributed by atoms with Gasteiger partial charge in [-0.1, -0.05) is 19.0 Å². The molecule has 0 unspecified atom stereocenters. The van der Waals surface area contributed by atoms with Gasteiger partial charge in [0.2, 0.25) is 0 Å². The van der Waals surface area contributed by atoms with Crippen molar-refractivity contribution in [3.05, 3.63) is 36.1 Å². The van der Waals surface area contributed by atoms with E-state index in [9.17, 15) is 0 Å². The summed E-state index contributed by atoms with van der Waals surface area (Å²) in [6.45, 7) is 4.84. The van der Waals surface area contributed by atoms with E-state index in [1.165, 1.54) is 0 Å². The zero-order valence-electron chi connectivity index (χ0n) is 11.6. The molecule has 0 saturated heterocycles. The van der Waals surface area contributed by atoms with Crippen molar-refractivity contribution < 1.29 is 9.26 Å². The Balaban J connectivity index is 2.16. The normalized spacial score (nSPS) is 11.6. The van der Waals surface area contributed by atoms with E-state index in [-0.39, 0.29) is 5.41 Å². The number of rotatable bonds is 5. The van der Waals surface area contributed by atoms with E-state index < -0.39 is 0 Å². The van der Waals surface area contributed by atoms with E-state index in [0.717, 1.165) is 29.2 Å². The third-order valence-corrected chi connectivity index (χ3v) is 3.15. The summed E-state index contributed by atoms with van der Waals surface area (Å²) >= 11 is 0. The topological polar surface area (TPSA) is 61.3 Å². The molecule has 0 aliphatic heterocycles. The molecule has 102 valence electrons. The Hall–Kier alpha value is -1.81. The van der Waals surface area contributed by atoms with Gasteiger partial charge in [0, 0.05) is 18.1 Å². The minimum atomic E-state index is 0.0245. The van der Waals surface area contributed by atoms with Crippen molar-refractivity contribution in [3.8, 4) is 17.0 Å². The summed E-state index contributed by atoms with van der Waals surface area (Å²) in [5, 5.41) is 4.10. The predicted octanol–water partition coefficient (Wildman–Crippen LogP) is 2.88. The van der Waals surface area contributed by atoms with Crippen molar-refractivity contribution in [1.82, 2.24) is 5.16 Å². The number of methoxy groups -OCH3 is 1. The molecule has 2 aromatic rings. The highest BCUT2D eigenvalue weighted by Gasteiger charge is 2.19. The van der Waals surface area contributed by atoms with Gasteiger partial charge in [0.1, 0.15) is 17.2 Å². The smallest absolute Gasteiger partial charge is 0.137 e. The molecule has 0 amide bonds. The fourth-order valence-electron chi connectivity index (χ4n) is 1.84. The van der Waals surface area contributed by atoms with Gasteiger partial charge in [0.15, 0.2) is 0 Å². The molecular formula is C15H20N2O2. The number of nitrogens with zero attached hydrogens (tertiary/aromatic N) is 1. The van der Waals surface area contributed by atoms with Crippen LogP contribution in [-0.2, 0) is 6.42 Å². The summed E-state index contributed by atoms with van der Waals surface area (Å²) in [6, 6.07) is 9.73. The van der Waals surface area contributed by atoms with E-state index in [4.69, 9.17) is 15.0 Å². The highest BCUT2D eigenvalue weighted by molar-refractivity contribution is 5.59. The van der Waals surface area contributed by atoms with Crippen LogP contribution in [0.2, 0.25) is 0 Å². The molecule has 19 heavy (non-hydrogen) atoms. The Morgan fingerprint density at radius 2 is 1.95 bits per heavy atom. The number of hydrogen-bond acceptors (Lipinski definition) is 4. The van der Waals surface area contributed by atoms with Gasteiger partial charge < -0.3 is 15.0 Å². The lowest BCUT2D eigenvalue weighted by molar-refractivity contribution is 0.307. The van der Waals surface area contributed by atoms with Gasteiger partial charge in [-0.25, -0.2) is 0 Å². The van der Waals surface area contributed by atoms with Crippen molar-refractivity contribution in [2.45, 2.75) is 20.3 Å². The van der Waals surface area contributed by atoms with Gasteiger partial charge in [-0.3, -0.25) is 0 Å². The third-order valence-electron chi connectivity index (χ3n) is 3.15. The minimum absolute atomic E-state index is 0.0245. The van der Waals surface area contributed by atoms with Gasteiger partial charge in [-0.05, 0) is 36.2 Å². The van der Waals surface area contributed by atoms with Crippen LogP contribution in [0.5, 0.6) is 5.75 Å². The fraction of sp³-hybridized carbons (Fsp3) is 0.400. The van der Waals surface area contributed by atoms with E-state index in [1.54, 1.807) is 7.11 Å². The van der Waals surface area contributed by atoms with Crippen LogP contribution in [0.1, 0.15) is 19.6 Å². The zero-order valence-corrected chi connectivity index (χ0v) is 11.6. The lowest BCUT2D eigenvalue weighted by Gasteiger charge is -2.19. The summed E-state index contributed by atoms with van der Waals surface area (Å²) in [5.74, 6) is 1.69. The molecule has 0 aliphatic rings. The standard InChI is InChI=1S/C15H20N2O2/c1-15(2,10-16)9-13-8-14(17-19-13)11-4-6-12(18-3)7-5-11/h4-8H,9-10,16H2,1-3H3. The van der Waals surface area contributed by atoms with E-state index in [0.29, 0.717) is 6.54 Å². The number of aromatic nitrogens is 1. The van der Waals surface area contributed by atoms with E-state index in [2.05, 4.69) is 19.0 Å². The van der Waals surface area contributed by atoms with Gasteiger partial charge in [0.05, 0.1) is 7.11 Å². The SMILES string of the molecule is COc1ccc(-c2cc(CC(C)(C)CN)on2)cc1. The van der Waals surface area contributed by atoms with Gasteiger partial charge in [-0.2, -0.15) is 0 Å². The summed E-state index contributed by atoms with van der Waals surface area (Å²) in [5.41, 5.74) is 7.61. The van der Waals surface area contributed by atoms with E-state index >= 15 is 0 Å². The molecule has 1 aromatic heterocycles. The number of ether oxygens (including phenoxy) is 1. The van der Waals surface area contributed by atoms with Gasteiger partial charge in [0.25, 0.3) is 0 Å². The third kappa shape index (κ3) is 3.35. The average Bonchev–Trinajstić information content (AvgIpc) is 2.86. The molecule has 0 atom stereocenters. The average molecular weight is 260 g/mol. The van der Waals surface area contributed by atoms with Gasteiger partial charge in [-0.15, -0.1) is 0 Å². The maximum atomic E-state index is 5.73. The van der Waals surface area contributed by atoms with Crippen LogP contribution in [0.15, 0.2) is 34.9 Å². The highest BCUT2D eigenvalue weighted by atomic mass is 16.5. The molecular weight excluding hydrogens is 240 g/mol. The maximum Gasteiger partial charge on any atom is 0.137 e. The zero-order chi connectivity index (χ0) is 13.9. The van der Waals surface area contributed by atoms with Crippen molar-refractivity contribution in [2.75, 3.05) is 13.7 Å². The monoisotopic (exact) mass is 260 g/mol. The Labute approximate surface area is 113 Å². The summed E-state index contributed by atoms with van der Waals surface area (Å²) in [6.07, 6.45) is 0.784. The molecule has 0 radical (unpaired) electrons. The molecule has 2 N–H and O–H groups in total. The molecule has 1 heterocycles. The molecule has 0 spiro atoms. The first-order valence-corrected chi connectivity index (χ1v) is 6.34. The minimum Gasteiger partial charge on any atom is -0.497 e. The number of hydrogen-bond donors (Lipinski definition) is 1. The Morgan fingerprint density at radius 3 is 2.53 bits per heavy atom. The van der Waals surface area contributed by atoms with Crippen LogP contribution < -0.4 is 10.5 Å². The lowest BCUT2D eigenvalue weighted by Crippen LogP contribution is -2.25. The van der Waals surface area contributed by atoms with Crippen LogP contribution in [0.4, 0.5) is 0 Å². The van der Waals surface area contributed by atoms with Crippen LogP contribution >= 0.6 is 0 Å². The van der Waals surface area contributed by atoms with Gasteiger partial charge >= 0.3 is 0 Å². The molecule has 4 heteroatoms. The van der Waals surface area contributed by atoms with E-state index in [1.807, 2.05) is 30.3 Å². The molecule has 0 bridgehead atoms. The van der Waals surface area contributed by atoms with Crippen molar-refractivity contribution in [1.29, 1.82) is 0 Å². The Morgan fingerprint density at radius 1 is 1.26 bits per heavy atom. The van der Waals surface area contributed by atoms with Crippen molar-refractivity contribution in [2.24, 2.45) is 11.1 Å².